The van der Waals surface area contributed by atoms with Crippen LogP contribution in [-0.4, -0.2) is 26.6 Å². The van der Waals surface area contributed by atoms with E-state index in [9.17, 15) is 4.79 Å². The number of hydrazone groups is 1. The number of hydrogen-bond acceptors (Lipinski definition) is 5. The molecule has 0 spiro atoms. The van der Waals surface area contributed by atoms with Crippen molar-refractivity contribution in [1.82, 2.24) is 15.0 Å². The van der Waals surface area contributed by atoms with E-state index in [4.69, 9.17) is 4.42 Å². The normalized spacial score (nSPS) is 16.4. The molecule has 2 aromatic carbocycles. The zero-order valence-electron chi connectivity index (χ0n) is 14.9. The van der Waals surface area contributed by atoms with Gasteiger partial charge in [0.25, 0.3) is 0 Å². The molecule has 0 aliphatic carbocycles. The Bertz CT molecular complexity index is 1170. The molecular formula is C22H16N4O2. The smallest absolute Gasteiger partial charge is 0.310 e. The lowest BCUT2D eigenvalue weighted by atomic mass is 9.98. The standard InChI is InChI=1S/C22H16N4O2/c27-22(21-7-4-12-28-21)26-20(15-5-2-1-3-6-15)14-18(25-26)16-8-9-17-19(13-16)24-11-10-23-17/h1-13,20H,14H2/t20-/m1/s1. The highest BCUT2D eigenvalue weighted by atomic mass is 16.3. The summed E-state index contributed by atoms with van der Waals surface area (Å²) < 4.78 is 5.31. The van der Waals surface area contributed by atoms with Crippen LogP contribution in [0.1, 0.15) is 34.1 Å². The van der Waals surface area contributed by atoms with Gasteiger partial charge in [-0.3, -0.25) is 14.8 Å². The van der Waals surface area contributed by atoms with Crippen LogP contribution in [0.5, 0.6) is 0 Å². The second-order valence-electron chi connectivity index (χ2n) is 6.56. The average molecular weight is 368 g/mol. The Morgan fingerprint density at radius 1 is 0.964 bits per heavy atom. The summed E-state index contributed by atoms with van der Waals surface area (Å²) in [6.45, 7) is 0. The molecule has 0 saturated heterocycles. The van der Waals surface area contributed by atoms with E-state index in [-0.39, 0.29) is 17.7 Å². The first-order chi connectivity index (χ1) is 13.8. The van der Waals surface area contributed by atoms with Crippen molar-refractivity contribution in [2.75, 3.05) is 0 Å². The van der Waals surface area contributed by atoms with Crippen LogP contribution in [0.2, 0.25) is 0 Å². The van der Waals surface area contributed by atoms with Crippen molar-refractivity contribution >= 4 is 22.7 Å². The zero-order chi connectivity index (χ0) is 18.9. The summed E-state index contributed by atoms with van der Waals surface area (Å²) >= 11 is 0. The number of carbonyl (C=O) groups excluding carboxylic acids is 1. The van der Waals surface area contributed by atoms with Crippen LogP contribution in [0.25, 0.3) is 11.0 Å². The van der Waals surface area contributed by atoms with Gasteiger partial charge < -0.3 is 4.42 Å². The number of hydrogen-bond donors (Lipinski definition) is 0. The van der Waals surface area contributed by atoms with Gasteiger partial charge in [0.05, 0.1) is 29.1 Å². The number of amides is 1. The highest BCUT2D eigenvalue weighted by Crippen LogP contribution is 2.34. The third-order valence-electron chi connectivity index (χ3n) is 4.84. The summed E-state index contributed by atoms with van der Waals surface area (Å²) in [5, 5.41) is 6.19. The zero-order valence-corrected chi connectivity index (χ0v) is 14.9. The second-order valence-corrected chi connectivity index (χ2v) is 6.56. The Labute approximate surface area is 161 Å². The summed E-state index contributed by atoms with van der Waals surface area (Å²) in [4.78, 5) is 21.7. The van der Waals surface area contributed by atoms with Crippen LogP contribution >= 0.6 is 0 Å². The van der Waals surface area contributed by atoms with Gasteiger partial charge in [0.1, 0.15) is 0 Å². The highest BCUT2D eigenvalue weighted by Gasteiger charge is 2.34. The maximum Gasteiger partial charge on any atom is 0.310 e. The van der Waals surface area contributed by atoms with Crippen molar-refractivity contribution in [3.63, 3.8) is 0 Å². The van der Waals surface area contributed by atoms with E-state index in [1.807, 2.05) is 48.5 Å². The fourth-order valence-corrected chi connectivity index (χ4v) is 3.46. The first-order valence-electron chi connectivity index (χ1n) is 9.00. The Balaban J connectivity index is 1.56. The molecule has 6 heteroatoms. The van der Waals surface area contributed by atoms with Crippen molar-refractivity contribution in [3.8, 4) is 0 Å². The predicted molar refractivity (Wildman–Crippen MR) is 105 cm³/mol. The van der Waals surface area contributed by atoms with Crippen LogP contribution < -0.4 is 0 Å². The number of aromatic nitrogens is 2. The molecule has 0 N–H and O–H groups in total. The van der Waals surface area contributed by atoms with Crippen LogP contribution in [0.4, 0.5) is 0 Å². The molecule has 136 valence electrons. The molecule has 0 bridgehead atoms. The van der Waals surface area contributed by atoms with Crippen molar-refractivity contribution in [3.05, 3.63) is 96.2 Å². The Hall–Kier alpha value is -3.80. The maximum atomic E-state index is 13.0. The molecule has 6 nitrogen and oxygen atoms in total. The van der Waals surface area contributed by atoms with E-state index >= 15 is 0 Å². The molecule has 1 aliphatic rings. The van der Waals surface area contributed by atoms with Gasteiger partial charge in [-0.2, -0.15) is 5.10 Å². The minimum Gasteiger partial charge on any atom is -0.459 e. The fourth-order valence-electron chi connectivity index (χ4n) is 3.46. The topological polar surface area (TPSA) is 71.6 Å². The molecule has 28 heavy (non-hydrogen) atoms. The summed E-state index contributed by atoms with van der Waals surface area (Å²) in [5.41, 5.74) is 4.43. The lowest BCUT2D eigenvalue weighted by Crippen LogP contribution is -2.26. The predicted octanol–water partition coefficient (Wildman–Crippen LogP) is 4.21. The second kappa shape index (κ2) is 6.74. The van der Waals surface area contributed by atoms with Crippen LogP contribution in [0.3, 0.4) is 0 Å². The van der Waals surface area contributed by atoms with Crippen molar-refractivity contribution < 1.29 is 9.21 Å². The van der Waals surface area contributed by atoms with Crippen molar-refractivity contribution in [2.45, 2.75) is 12.5 Å². The first kappa shape index (κ1) is 16.4. The molecular weight excluding hydrogens is 352 g/mol. The summed E-state index contributed by atoms with van der Waals surface area (Å²) in [5.74, 6) is 0.0183. The highest BCUT2D eigenvalue weighted by molar-refractivity contribution is 6.06. The van der Waals surface area contributed by atoms with Crippen molar-refractivity contribution in [1.29, 1.82) is 0 Å². The van der Waals surface area contributed by atoms with E-state index < -0.39 is 0 Å². The Morgan fingerprint density at radius 2 is 1.79 bits per heavy atom. The minimum atomic E-state index is -0.255. The fraction of sp³-hybridized carbons (Fsp3) is 0.0909. The molecule has 0 saturated carbocycles. The third kappa shape index (κ3) is 2.85. The third-order valence-corrected chi connectivity index (χ3v) is 4.84. The first-order valence-corrected chi connectivity index (χ1v) is 9.00. The van der Waals surface area contributed by atoms with Crippen molar-refractivity contribution in [2.24, 2.45) is 5.10 Å². The van der Waals surface area contributed by atoms with Gasteiger partial charge in [0.15, 0.2) is 5.76 Å². The number of furan rings is 1. The van der Waals surface area contributed by atoms with E-state index in [2.05, 4.69) is 15.1 Å². The van der Waals surface area contributed by atoms with Gasteiger partial charge in [-0.05, 0) is 29.8 Å². The summed E-state index contributed by atoms with van der Waals surface area (Å²) in [7, 11) is 0. The largest absolute Gasteiger partial charge is 0.459 e. The summed E-state index contributed by atoms with van der Waals surface area (Å²) in [6, 6.07) is 18.9. The summed E-state index contributed by atoms with van der Waals surface area (Å²) in [6.07, 6.45) is 5.45. The van der Waals surface area contributed by atoms with Gasteiger partial charge in [0.2, 0.25) is 0 Å². The number of rotatable bonds is 3. The molecule has 5 rings (SSSR count). The van der Waals surface area contributed by atoms with Gasteiger partial charge in [-0.25, -0.2) is 5.01 Å². The lowest BCUT2D eigenvalue weighted by molar-refractivity contribution is 0.0678. The number of benzene rings is 2. The molecule has 2 aromatic heterocycles. The van der Waals surface area contributed by atoms with E-state index in [0.717, 1.165) is 27.9 Å². The number of fused-ring (bicyclic) bond motifs is 1. The Kier molecular flexibility index (Phi) is 3.94. The quantitative estimate of drug-likeness (QED) is 0.543. The average Bonchev–Trinajstić information content (AvgIpc) is 3.44. The molecule has 1 atom stereocenters. The monoisotopic (exact) mass is 368 g/mol. The van der Waals surface area contributed by atoms with Crippen LogP contribution in [0, 0.1) is 0 Å². The molecule has 0 fully saturated rings. The lowest BCUT2D eigenvalue weighted by Gasteiger charge is -2.21. The molecule has 1 aliphatic heterocycles. The maximum absolute atomic E-state index is 13.0. The number of carbonyl (C=O) groups is 1. The van der Waals surface area contributed by atoms with Gasteiger partial charge in [0, 0.05) is 24.4 Å². The molecule has 0 radical (unpaired) electrons. The van der Waals surface area contributed by atoms with Crippen LogP contribution in [0.15, 0.2) is 88.8 Å². The van der Waals surface area contributed by atoms with Crippen LogP contribution in [-0.2, 0) is 0 Å². The molecule has 4 aromatic rings. The van der Waals surface area contributed by atoms with E-state index in [1.165, 1.54) is 11.3 Å². The van der Waals surface area contributed by atoms with Gasteiger partial charge in [-0.1, -0.05) is 36.4 Å². The van der Waals surface area contributed by atoms with E-state index in [0.29, 0.717) is 6.42 Å². The Morgan fingerprint density at radius 3 is 2.57 bits per heavy atom. The minimum absolute atomic E-state index is 0.189. The molecule has 3 heterocycles. The molecule has 0 unspecified atom stereocenters. The van der Waals surface area contributed by atoms with E-state index in [1.54, 1.807) is 24.5 Å². The molecule has 1 amide bonds. The van der Waals surface area contributed by atoms with Gasteiger partial charge >= 0.3 is 5.91 Å². The SMILES string of the molecule is O=C(c1ccco1)N1N=C(c2ccc3nccnc3c2)C[C@@H]1c1ccccc1. The number of nitrogens with zero attached hydrogens (tertiary/aromatic N) is 4. The van der Waals surface area contributed by atoms with Gasteiger partial charge in [-0.15, -0.1) is 0 Å².